The van der Waals surface area contributed by atoms with E-state index in [1.165, 1.54) is 4.90 Å². The minimum absolute atomic E-state index is 0.163. The maximum absolute atomic E-state index is 12.3. The Morgan fingerprint density at radius 2 is 1.85 bits per heavy atom. The van der Waals surface area contributed by atoms with Crippen molar-refractivity contribution in [2.24, 2.45) is 0 Å². The number of amides is 2. The van der Waals surface area contributed by atoms with Gasteiger partial charge >= 0.3 is 0 Å². The van der Waals surface area contributed by atoms with Crippen LogP contribution in [-0.4, -0.2) is 23.4 Å². The summed E-state index contributed by atoms with van der Waals surface area (Å²) in [6.07, 6.45) is 0.163. The van der Waals surface area contributed by atoms with E-state index < -0.39 is 6.04 Å². The third-order valence-corrected chi connectivity index (χ3v) is 3.01. The predicted molar refractivity (Wildman–Crippen MR) is 74.9 cm³/mol. The minimum atomic E-state index is -0.488. The van der Waals surface area contributed by atoms with Gasteiger partial charge in [0.2, 0.25) is 5.91 Å². The van der Waals surface area contributed by atoms with E-state index in [4.69, 9.17) is 5.26 Å². The van der Waals surface area contributed by atoms with Gasteiger partial charge in [0.15, 0.2) is 0 Å². The number of rotatable bonds is 2. The Kier molecular flexibility index (Phi) is 3.60. The fourth-order valence-corrected chi connectivity index (χ4v) is 2.22. The summed E-state index contributed by atoms with van der Waals surface area (Å²) in [4.78, 5) is 25.5. The fourth-order valence-electron chi connectivity index (χ4n) is 2.22. The van der Waals surface area contributed by atoms with Crippen LogP contribution in [0.4, 0.5) is 5.69 Å². The number of anilines is 1. The number of carbonyl (C=O) groups is 2. The molecule has 0 aromatic heterocycles. The number of nitrogens with one attached hydrogen (secondary N) is 1. The Morgan fingerprint density at radius 3 is 2.35 bits per heavy atom. The molecular weight excluding hydrogens is 254 g/mol. The summed E-state index contributed by atoms with van der Waals surface area (Å²) >= 11 is 0. The van der Waals surface area contributed by atoms with Gasteiger partial charge in [0.1, 0.15) is 0 Å². The molecule has 1 fully saturated rings. The van der Waals surface area contributed by atoms with Gasteiger partial charge < -0.3 is 5.32 Å². The lowest BCUT2D eigenvalue weighted by molar-refractivity contribution is -0.121. The van der Waals surface area contributed by atoms with Crippen LogP contribution in [0.2, 0.25) is 0 Å². The van der Waals surface area contributed by atoms with Crippen LogP contribution >= 0.6 is 0 Å². The number of imide groups is 1. The van der Waals surface area contributed by atoms with Crippen LogP contribution in [0.15, 0.2) is 24.3 Å². The quantitative estimate of drug-likeness (QED) is 0.829. The molecule has 2 rings (SSSR count). The SMILES string of the molecule is CC(C)(C)NC1CC(=O)N(c2ccc(C#N)cc2)C1=O. The van der Waals surface area contributed by atoms with Crippen LogP contribution < -0.4 is 10.2 Å². The van der Waals surface area contributed by atoms with E-state index in [0.717, 1.165) is 0 Å². The van der Waals surface area contributed by atoms with Crippen molar-refractivity contribution < 1.29 is 9.59 Å². The van der Waals surface area contributed by atoms with E-state index in [2.05, 4.69) is 5.32 Å². The average Bonchev–Trinajstić information content (AvgIpc) is 2.63. The van der Waals surface area contributed by atoms with Crippen molar-refractivity contribution in [3.63, 3.8) is 0 Å². The molecule has 1 aliphatic heterocycles. The molecule has 1 saturated heterocycles. The molecule has 104 valence electrons. The first-order valence-corrected chi connectivity index (χ1v) is 6.46. The second-order valence-corrected chi connectivity index (χ2v) is 5.88. The van der Waals surface area contributed by atoms with E-state index in [-0.39, 0.29) is 23.8 Å². The highest BCUT2D eigenvalue weighted by Crippen LogP contribution is 2.24. The van der Waals surface area contributed by atoms with Crippen molar-refractivity contribution in [2.75, 3.05) is 4.90 Å². The number of carbonyl (C=O) groups excluding carboxylic acids is 2. The van der Waals surface area contributed by atoms with Crippen molar-refractivity contribution in [2.45, 2.75) is 38.8 Å². The topological polar surface area (TPSA) is 73.2 Å². The van der Waals surface area contributed by atoms with Gasteiger partial charge in [-0.25, -0.2) is 4.90 Å². The van der Waals surface area contributed by atoms with Crippen LogP contribution in [0.1, 0.15) is 32.8 Å². The smallest absolute Gasteiger partial charge is 0.251 e. The first-order valence-electron chi connectivity index (χ1n) is 6.46. The lowest BCUT2D eigenvalue weighted by Gasteiger charge is -2.24. The Labute approximate surface area is 118 Å². The van der Waals surface area contributed by atoms with E-state index in [1.54, 1.807) is 24.3 Å². The minimum Gasteiger partial charge on any atom is -0.301 e. The highest BCUT2D eigenvalue weighted by Gasteiger charge is 2.40. The molecule has 0 saturated carbocycles. The summed E-state index contributed by atoms with van der Waals surface area (Å²) in [6.45, 7) is 5.86. The lowest BCUT2D eigenvalue weighted by atomic mass is 10.1. The van der Waals surface area contributed by atoms with Crippen molar-refractivity contribution in [3.05, 3.63) is 29.8 Å². The van der Waals surface area contributed by atoms with Crippen molar-refractivity contribution in [1.29, 1.82) is 5.26 Å². The normalized spacial score (nSPS) is 19.3. The number of nitriles is 1. The van der Waals surface area contributed by atoms with Crippen molar-refractivity contribution in [3.8, 4) is 6.07 Å². The van der Waals surface area contributed by atoms with Gasteiger partial charge in [0.05, 0.1) is 29.8 Å². The van der Waals surface area contributed by atoms with Crippen LogP contribution in [0.5, 0.6) is 0 Å². The van der Waals surface area contributed by atoms with E-state index in [9.17, 15) is 9.59 Å². The lowest BCUT2D eigenvalue weighted by Crippen LogP contribution is -2.47. The van der Waals surface area contributed by atoms with E-state index in [0.29, 0.717) is 11.3 Å². The number of hydrogen-bond acceptors (Lipinski definition) is 4. The second kappa shape index (κ2) is 5.06. The molecule has 1 aromatic carbocycles. The first-order chi connectivity index (χ1) is 9.31. The summed E-state index contributed by atoms with van der Waals surface area (Å²) in [5, 5.41) is 11.9. The molecule has 1 unspecified atom stereocenters. The van der Waals surface area contributed by atoms with Crippen LogP contribution in [0.25, 0.3) is 0 Å². The summed E-state index contributed by atoms with van der Waals surface area (Å²) in [5.74, 6) is -0.462. The molecule has 20 heavy (non-hydrogen) atoms. The molecule has 0 spiro atoms. The molecule has 5 nitrogen and oxygen atoms in total. The van der Waals surface area contributed by atoms with Gasteiger partial charge in [0.25, 0.3) is 5.91 Å². The van der Waals surface area contributed by atoms with Crippen molar-refractivity contribution >= 4 is 17.5 Å². The van der Waals surface area contributed by atoms with Crippen LogP contribution in [0.3, 0.4) is 0 Å². The Morgan fingerprint density at radius 1 is 1.25 bits per heavy atom. The highest BCUT2D eigenvalue weighted by atomic mass is 16.2. The Balaban J connectivity index is 2.22. The van der Waals surface area contributed by atoms with E-state index >= 15 is 0 Å². The number of nitrogens with zero attached hydrogens (tertiary/aromatic N) is 2. The molecule has 0 aliphatic carbocycles. The fraction of sp³-hybridized carbons (Fsp3) is 0.400. The highest BCUT2D eigenvalue weighted by molar-refractivity contribution is 6.22. The molecule has 1 aromatic rings. The molecule has 0 bridgehead atoms. The van der Waals surface area contributed by atoms with Gasteiger partial charge in [-0.3, -0.25) is 9.59 Å². The number of benzene rings is 1. The molecule has 5 heteroatoms. The molecule has 1 heterocycles. The summed E-state index contributed by atoms with van der Waals surface area (Å²) < 4.78 is 0. The standard InChI is InChI=1S/C15H17N3O2/c1-15(2,3)17-12-8-13(19)18(14(12)20)11-6-4-10(9-16)5-7-11/h4-7,12,17H,8H2,1-3H3. The monoisotopic (exact) mass is 271 g/mol. The third kappa shape index (κ3) is 2.86. The molecule has 1 aliphatic rings. The Hall–Kier alpha value is -2.19. The van der Waals surface area contributed by atoms with Gasteiger partial charge in [-0.2, -0.15) is 5.26 Å². The maximum Gasteiger partial charge on any atom is 0.251 e. The zero-order valence-electron chi connectivity index (χ0n) is 11.8. The first kappa shape index (κ1) is 14.2. The molecule has 1 N–H and O–H groups in total. The summed E-state index contributed by atoms with van der Waals surface area (Å²) in [6, 6.07) is 7.95. The molecule has 2 amide bonds. The maximum atomic E-state index is 12.3. The molecular formula is C15H17N3O2. The van der Waals surface area contributed by atoms with Gasteiger partial charge in [-0.05, 0) is 45.0 Å². The van der Waals surface area contributed by atoms with Gasteiger partial charge in [0, 0.05) is 5.54 Å². The van der Waals surface area contributed by atoms with Crippen molar-refractivity contribution in [1.82, 2.24) is 5.32 Å². The third-order valence-electron chi connectivity index (χ3n) is 3.01. The van der Waals surface area contributed by atoms with E-state index in [1.807, 2.05) is 26.8 Å². The zero-order valence-corrected chi connectivity index (χ0v) is 11.8. The average molecular weight is 271 g/mol. The predicted octanol–water partition coefficient (Wildman–Crippen LogP) is 1.58. The van der Waals surface area contributed by atoms with Gasteiger partial charge in [-0.1, -0.05) is 0 Å². The summed E-state index contributed by atoms with van der Waals surface area (Å²) in [5.41, 5.74) is 0.774. The molecule has 1 atom stereocenters. The molecule has 0 radical (unpaired) electrons. The summed E-state index contributed by atoms with van der Waals surface area (Å²) in [7, 11) is 0. The Bertz CT molecular complexity index is 579. The largest absolute Gasteiger partial charge is 0.301 e. The van der Waals surface area contributed by atoms with Gasteiger partial charge in [-0.15, -0.1) is 0 Å². The second-order valence-electron chi connectivity index (χ2n) is 5.88. The van der Waals surface area contributed by atoms with Crippen LogP contribution in [0, 0.1) is 11.3 Å². The zero-order chi connectivity index (χ0) is 14.9. The van der Waals surface area contributed by atoms with Crippen LogP contribution in [-0.2, 0) is 9.59 Å². The number of hydrogen-bond donors (Lipinski definition) is 1.